The van der Waals surface area contributed by atoms with Crippen LogP contribution in [-0.4, -0.2) is 87.1 Å². The summed E-state index contributed by atoms with van der Waals surface area (Å²) in [7, 11) is 2.56. The van der Waals surface area contributed by atoms with Crippen LogP contribution >= 0.6 is 22.7 Å². The van der Waals surface area contributed by atoms with Gasteiger partial charge in [-0.15, -0.1) is 22.7 Å². The average molecular weight is 833 g/mol. The monoisotopic (exact) mass is 832 g/mol. The van der Waals surface area contributed by atoms with E-state index in [1.54, 1.807) is 38.7 Å². The Hall–Kier alpha value is -6.26. The second-order valence-corrected chi connectivity index (χ2v) is 16.5. The van der Waals surface area contributed by atoms with Crippen molar-refractivity contribution in [1.29, 1.82) is 0 Å². The molecule has 2 unspecified atom stereocenters. The third-order valence-electron chi connectivity index (χ3n) is 10.9. The molecule has 2 aliphatic heterocycles. The van der Waals surface area contributed by atoms with Crippen LogP contribution in [0.3, 0.4) is 0 Å². The molecule has 4 aromatic heterocycles. The lowest BCUT2D eigenvalue weighted by Gasteiger charge is -2.29. The highest BCUT2D eigenvalue weighted by atomic mass is 32.1. The Kier molecular flexibility index (Phi) is 11.3. The number of likely N-dealkylation sites (tertiary alicyclic amines) is 1. The smallest absolute Gasteiger partial charge is 0.407 e. The van der Waals surface area contributed by atoms with Crippen molar-refractivity contribution < 1.29 is 28.7 Å². The van der Waals surface area contributed by atoms with E-state index in [2.05, 4.69) is 55.6 Å². The van der Waals surface area contributed by atoms with Gasteiger partial charge in [-0.2, -0.15) is 0 Å². The number of nitrogens with zero attached hydrogens (tertiary/aromatic N) is 4. The summed E-state index contributed by atoms with van der Waals surface area (Å²) in [5.74, 6) is 0.798. The maximum absolute atomic E-state index is 13.9. The van der Waals surface area contributed by atoms with E-state index in [4.69, 9.17) is 19.4 Å². The second-order valence-electron chi connectivity index (χ2n) is 14.8. The molecule has 59 heavy (non-hydrogen) atoms. The van der Waals surface area contributed by atoms with Gasteiger partial charge in [0.1, 0.15) is 29.8 Å². The van der Waals surface area contributed by atoms with Gasteiger partial charge < -0.3 is 39.9 Å². The zero-order valence-electron chi connectivity index (χ0n) is 32.9. The summed E-state index contributed by atoms with van der Waals surface area (Å²) in [6.07, 6.45) is 7.76. The van der Waals surface area contributed by atoms with Crippen molar-refractivity contribution in [1.82, 2.24) is 40.4 Å². The quantitative estimate of drug-likeness (QED) is 0.0951. The molecule has 1 saturated heterocycles. The Bertz CT molecular complexity index is 2500. The summed E-state index contributed by atoms with van der Waals surface area (Å²) in [6, 6.07) is 15.3. The van der Waals surface area contributed by atoms with Gasteiger partial charge in [-0.3, -0.25) is 9.59 Å². The first-order valence-corrected chi connectivity index (χ1v) is 21.1. The highest BCUT2D eigenvalue weighted by molar-refractivity contribution is 7.27. The third kappa shape index (κ3) is 7.84. The Morgan fingerprint density at radius 1 is 0.780 bits per heavy atom. The van der Waals surface area contributed by atoms with E-state index in [1.807, 2.05) is 62.5 Å². The van der Waals surface area contributed by atoms with Crippen LogP contribution in [0.2, 0.25) is 0 Å². The number of aromatic nitrogens is 4. The molecule has 0 spiro atoms. The predicted molar refractivity (Wildman–Crippen MR) is 226 cm³/mol. The van der Waals surface area contributed by atoms with Crippen LogP contribution < -0.4 is 10.6 Å². The minimum Gasteiger partial charge on any atom is -0.453 e. The van der Waals surface area contributed by atoms with Crippen LogP contribution in [0.1, 0.15) is 62.0 Å². The zero-order chi connectivity index (χ0) is 41.2. The first-order valence-electron chi connectivity index (χ1n) is 19.4. The summed E-state index contributed by atoms with van der Waals surface area (Å²) >= 11 is 3.36. The molecule has 4 atom stereocenters. The number of carbonyl (C=O) groups is 4. The van der Waals surface area contributed by atoms with Crippen LogP contribution in [0.4, 0.5) is 9.59 Å². The number of hydrogen-bond donors (Lipinski definition) is 4. The second kappa shape index (κ2) is 16.9. The predicted octanol–water partition coefficient (Wildman–Crippen LogP) is 7.99. The largest absolute Gasteiger partial charge is 0.453 e. The molecule has 304 valence electrons. The van der Waals surface area contributed by atoms with E-state index in [-0.39, 0.29) is 23.8 Å². The average Bonchev–Trinajstić information content (AvgIpc) is 4.11. The minimum absolute atomic E-state index is 0.137. The van der Waals surface area contributed by atoms with Crippen molar-refractivity contribution in [3.8, 4) is 33.6 Å². The van der Waals surface area contributed by atoms with Gasteiger partial charge in [-0.1, -0.05) is 80.6 Å². The van der Waals surface area contributed by atoms with Gasteiger partial charge in [0, 0.05) is 35.0 Å². The van der Waals surface area contributed by atoms with E-state index >= 15 is 0 Å². The van der Waals surface area contributed by atoms with Gasteiger partial charge in [-0.25, -0.2) is 19.6 Å². The molecular weight excluding hydrogens is 789 g/mol. The molecule has 2 aliphatic rings. The number of aromatic amines is 2. The number of H-pyrrole nitrogens is 2. The standard InChI is InChI=1S/C43H44N8O6S2/c1-24(2)34(48-42(54)56-3)40(52)50-18-8-13-33(50)39-45-21-31(47-39)29-23-59-36-28(22-58-37(29)36)25-14-16-26(17-15-25)30-20-44-38(46-30)32-12-9-19-51(32)41(53)35(49-43(55)57-4)27-10-6-5-7-11-27/h5-8,10-11,13-17,20-24,32-35H,9,12,18-19H2,1-4H3,(H,44,46)(H,45,47)(H,48,54)(H,49,55)/t32?,33?,34-,35+/m0/s1. The first-order chi connectivity index (χ1) is 28.6. The number of amides is 4. The topological polar surface area (TPSA) is 175 Å². The number of benzene rings is 2. The molecule has 6 aromatic rings. The first kappa shape index (κ1) is 39.6. The molecule has 16 heteroatoms. The van der Waals surface area contributed by atoms with E-state index < -0.39 is 30.3 Å². The number of hydrogen-bond acceptors (Lipinski definition) is 10. The van der Waals surface area contributed by atoms with E-state index in [1.165, 1.54) is 18.9 Å². The molecule has 14 nitrogen and oxygen atoms in total. The summed E-state index contributed by atoms with van der Waals surface area (Å²) in [6.45, 7) is 4.73. The van der Waals surface area contributed by atoms with E-state index in [0.717, 1.165) is 51.2 Å². The number of carbonyl (C=O) groups excluding carboxylic acids is 4. The highest BCUT2D eigenvalue weighted by Gasteiger charge is 2.38. The number of thiophene rings is 2. The number of nitrogens with one attached hydrogen (secondary N) is 4. The van der Waals surface area contributed by atoms with Crippen LogP contribution in [0.25, 0.3) is 43.0 Å². The van der Waals surface area contributed by atoms with Crippen molar-refractivity contribution in [3.05, 3.63) is 107 Å². The lowest BCUT2D eigenvalue weighted by atomic mass is 10.0. The summed E-state index contributed by atoms with van der Waals surface area (Å²) in [4.78, 5) is 71.6. The third-order valence-corrected chi connectivity index (χ3v) is 13.0. The molecular formula is C43H44N8O6S2. The van der Waals surface area contributed by atoms with Gasteiger partial charge in [0.25, 0.3) is 5.91 Å². The molecule has 0 bridgehead atoms. The molecule has 8 rings (SSSR count). The summed E-state index contributed by atoms with van der Waals surface area (Å²) < 4.78 is 11.9. The van der Waals surface area contributed by atoms with Crippen LogP contribution in [-0.2, 0) is 19.1 Å². The van der Waals surface area contributed by atoms with Gasteiger partial charge in [0.2, 0.25) is 5.91 Å². The molecule has 1 fully saturated rings. The highest BCUT2D eigenvalue weighted by Crippen LogP contribution is 2.44. The maximum Gasteiger partial charge on any atom is 0.407 e. The van der Waals surface area contributed by atoms with Crippen LogP contribution in [0.5, 0.6) is 0 Å². The van der Waals surface area contributed by atoms with Gasteiger partial charge >= 0.3 is 12.2 Å². The lowest BCUT2D eigenvalue weighted by molar-refractivity contribution is -0.135. The Morgan fingerprint density at radius 2 is 1.42 bits per heavy atom. The zero-order valence-corrected chi connectivity index (χ0v) is 34.6. The minimum atomic E-state index is -0.884. The summed E-state index contributed by atoms with van der Waals surface area (Å²) in [5.41, 5.74) is 6.63. The molecule has 4 amide bonds. The van der Waals surface area contributed by atoms with Gasteiger partial charge in [0.05, 0.1) is 53.4 Å². The Balaban J connectivity index is 0.968. The molecule has 0 radical (unpaired) electrons. The van der Waals surface area contributed by atoms with Crippen molar-refractivity contribution in [3.63, 3.8) is 0 Å². The fraction of sp³-hybridized carbons (Fsp3) is 0.302. The SMILES string of the molecule is COC(=O)N[C@H](C(=O)N1CC=CC1c1ncc(-c2csc3c(-c4ccc(-c5cnc(C6CCCN6C(=O)[C@H](NC(=O)OC)c6ccccc6)[nH]5)cc4)csc23)[nH]1)C(C)C. The fourth-order valence-electron chi connectivity index (χ4n) is 7.77. The molecule has 6 heterocycles. The van der Waals surface area contributed by atoms with Crippen molar-refractivity contribution in [2.24, 2.45) is 5.92 Å². The van der Waals surface area contributed by atoms with E-state index in [9.17, 15) is 19.2 Å². The summed E-state index contributed by atoms with van der Waals surface area (Å²) in [5, 5.41) is 9.71. The maximum atomic E-state index is 13.9. The molecule has 2 aromatic carbocycles. The van der Waals surface area contributed by atoms with Crippen molar-refractivity contribution in [2.45, 2.75) is 50.9 Å². The Morgan fingerprint density at radius 3 is 2.15 bits per heavy atom. The number of alkyl carbamates (subject to hydrolysis) is 2. The number of ether oxygens (including phenoxy) is 2. The normalized spacial score (nSPS) is 17.4. The molecule has 0 saturated carbocycles. The van der Waals surface area contributed by atoms with Crippen LogP contribution in [0, 0.1) is 5.92 Å². The van der Waals surface area contributed by atoms with Crippen molar-refractivity contribution >= 4 is 56.1 Å². The fourth-order valence-corrected chi connectivity index (χ4v) is 10.2. The molecule has 4 N–H and O–H groups in total. The number of imidazole rings is 2. The Labute approximate surface area is 348 Å². The number of methoxy groups -OCH3 is 2. The van der Waals surface area contributed by atoms with E-state index in [0.29, 0.717) is 30.3 Å². The van der Waals surface area contributed by atoms with Gasteiger partial charge in [-0.05, 0) is 35.4 Å². The van der Waals surface area contributed by atoms with Crippen molar-refractivity contribution in [2.75, 3.05) is 27.3 Å². The molecule has 0 aliphatic carbocycles. The number of rotatable bonds is 11. The number of fused-ring (bicyclic) bond motifs is 1. The van der Waals surface area contributed by atoms with Crippen LogP contribution in [0.15, 0.2) is 89.9 Å². The lowest BCUT2D eigenvalue weighted by Crippen LogP contribution is -2.51. The van der Waals surface area contributed by atoms with Gasteiger partial charge in [0.15, 0.2) is 0 Å².